The van der Waals surface area contributed by atoms with E-state index in [-0.39, 0.29) is 11.3 Å². The van der Waals surface area contributed by atoms with E-state index in [0.717, 1.165) is 16.5 Å². The van der Waals surface area contributed by atoms with E-state index in [0.29, 0.717) is 12.1 Å². The quantitative estimate of drug-likeness (QED) is 0.748. The molecule has 3 aromatic rings. The fourth-order valence-corrected chi connectivity index (χ4v) is 2.61. The van der Waals surface area contributed by atoms with Crippen LogP contribution in [0.1, 0.15) is 33.2 Å². The number of ketones is 1. The Hall–Kier alpha value is -2.88. The number of benzene rings is 2. The second kappa shape index (κ2) is 5.48. The molecule has 1 aromatic heterocycles. The van der Waals surface area contributed by atoms with Crippen LogP contribution in [0.2, 0.25) is 0 Å². The predicted octanol–water partition coefficient (Wildman–Crippen LogP) is 3.59. The number of carbonyl (C=O) groups is 2. The zero-order valence-corrected chi connectivity index (χ0v) is 12.1. The molecule has 0 unspecified atom stereocenters. The first-order chi connectivity index (χ1) is 10.6. The van der Waals surface area contributed by atoms with Gasteiger partial charge in [-0.3, -0.25) is 4.79 Å². The Morgan fingerprint density at radius 2 is 1.73 bits per heavy atom. The molecule has 0 spiro atoms. The minimum absolute atomic E-state index is 0.0381. The van der Waals surface area contributed by atoms with Crippen LogP contribution in [0.3, 0.4) is 0 Å². The van der Waals surface area contributed by atoms with Gasteiger partial charge in [-0.1, -0.05) is 30.3 Å². The lowest BCUT2D eigenvalue weighted by atomic mass is 10.1. The fourth-order valence-electron chi connectivity index (χ4n) is 2.61. The zero-order chi connectivity index (χ0) is 15.7. The van der Waals surface area contributed by atoms with E-state index in [1.807, 2.05) is 35.0 Å². The van der Waals surface area contributed by atoms with Gasteiger partial charge in [0.2, 0.25) is 0 Å². The molecule has 0 aliphatic carbocycles. The molecule has 2 aromatic carbocycles. The molecular formula is C18H15NO3. The third kappa shape index (κ3) is 2.51. The summed E-state index contributed by atoms with van der Waals surface area (Å²) in [4.78, 5) is 22.6. The summed E-state index contributed by atoms with van der Waals surface area (Å²) in [6, 6.07) is 14.6. The lowest BCUT2D eigenvalue weighted by Gasteiger charge is -2.06. The highest BCUT2D eigenvalue weighted by Gasteiger charge is 2.11. The minimum Gasteiger partial charge on any atom is -0.478 e. The van der Waals surface area contributed by atoms with E-state index in [1.54, 1.807) is 31.2 Å². The largest absolute Gasteiger partial charge is 0.478 e. The molecule has 0 atom stereocenters. The second-order valence-corrected chi connectivity index (χ2v) is 5.25. The van der Waals surface area contributed by atoms with Crippen molar-refractivity contribution in [2.24, 2.45) is 0 Å². The lowest BCUT2D eigenvalue weighted by molar-refractivity contribution is 0.0696. The van der Waals surface area contributed by atoms with Gasteiger partial charge in [0.05, 0.1) is 5.56 Å². The minimum atomic E-state index is -0.933. The summed E-state index contributed by atoms with van der Waals surface area (Å²) in [5, 5.41) is 9.87. The van der Waals surface area contributed by atoms with E-state index in [2.05, 4.69) is 0 Å². The Kier molecular flexibility index (Phi) is 3.51. The number of carboxylic acids is 1. The maximum Gasteiger partial charge on any atom is 0.335 e. The van der Waals surface area contributed by atoms with E-state index in [4.69, 9.17) is 5.11 Å². The van der Waals surface area contributed by atoms with Crippen molar-refractivity contribution >= 4 is 22.7 Å². The highest BCUT2D eigenvalue weighted by atomic mass is 16.4. The summed E-state index contributed by atoms with van der Waals surface area (Å²) in [7, 11) is 0. The smallest absolute Gasteiger partial charge is 0.335 e. The fraction of sp³-hybridized carbons (Fsp3) is 0.111. The second-order valence-electron chi connectivity index (χ2n) is 5.25. The predicted molar refractivity (Wildman–Crippen MR) is 84.4 cm³/mol. The average Bonchev–Trinajstić information content (AvgIpc) is 2.87. The van der Waals surface area contributed by atoms with Crippen molar-refractivity contribution in [1.29, 1.82) is 0 Å². The van der Waals surface area contributed by atoms with Gasteiger partial charge >= 0.3 is 5.97 Å². The summed E-state index contributed by atoms with van der Waals surface area (Å²) in [5.41, 5.74) is 2.96. The van der Waals surface area contributed by atoms with Gasteiger partial charge in [-0.25, -0.2) is 4.79 Å². The van der Waals surface area contributed by atoms with Gasteiger partial charge in [0, 0.05) is 29.2 Å². The topological polar surface area (TPSA) is 59.3 Å². The standard InChI is InChI=1S/C18H15NO3/c1-12(20)16-11-19(17-5-3-2-4-15(16)17)10-13-6-8-14(9-7-13)18(21)22/h2-9,11H,10H2,1H3,(H,21,22). The van der Waals surface area contributed by atoms with Crippen LogP contribution in [0.25, 0.3) is 10.9 Å². The summed E-state index contributed by atoms with van der Waals surface area (Å²) in [6.07, 6.45) is 1.86. The molecule has 1 heterocycles. The average molecular weight is 293 g/mol. The third-order valence-corrected chi connectivity index (χ3v) is 3.72. The van der Waals surface area contributed by atoms with Gasteiger partial charge < -0.3 is 9.67 Å². The molecule has 0 fully saturated rings. The molecule has 0 radical (unpaired) electrons. The number of fused-ring (bicyclic) bond motifs is 1. The monoisotopic (exact) mass is 293 g/mol. The number of nitrogens with zero attached hydrogens (tertiary/aromatic N) is 1. The van der Waals surface area contributed by atoms with E-state index < -0.39 is 5.97 Å². The molecule has 3 rings (SSSR count). The molecule has 0 aliphatic rings. The van der Waals surface area contributed by atoms with Crippen LogP contribution < -0.4 is 0 Å². The van der Waals surface area contributed by atoms with Crippen molar-refractivity contribution in [2.45, 2.75) is 13.5 Å². The molecule has 0 aliphatic heterocycles. The molecule has 4 heteroatoms. The summed E-state index contributed by atoms with van der Waals surface area (Å²) < 4.78 is 2.02. The maximum absolute atomic E-state index is 11.8. The Bertz CT molecular complexity index is 860. The number of para-hydroxylation sites is 1. The number of rotatable bonds is 4. The molecular weight excluding hydrogens is 278 g/mol. The number of aromatic carboxylic acids is 1. The first kappa shape index (κ1) is 14.1. The number of aromatic nitrogens is 1. The summed E-state index contributed by atoms with van der Waals surface area (Å²) in [5.74, 6) is -0.895. The van der Waals surface area contributed by atoms with Gasteiger partial charge in [0.15, 0.2) is 5.78 Å². The van der Waals surface area contributed by atoms with E-state index in [9.17, 15) is 9.59 Å². The Morgan fingerprint density at radius 1 is 1.05 bits per heavy atom. The third-order valence-electron chi connectivity index (χ3n) is 3.72. The van der Waals surface area contributed by atoms with Crippen molar-refractivity contribution in [2.75, 3.05) is 0 Å². The maximum atomic E-state index is 11.8. The van der Waals surface area contributed by atoms with Gasteiger partial charge in [0.25, 0.3) is 0 Å². The first-order valence-electron chi connectivity index (χ1n) is 6.97. The van der Waals surface area contributed by atoms with Crippen molar-refractivity contribution in [3.05, 3.63) is 71.4 Å². The molecule has 4 nitrogen and oxygen atoms in total. The molecule has 0 saturated heterocycles. The Morgan fingerprint density at radius 3 is 2.36 bits per heavy atom. The number of hydrogen-bond acceptors (Lipinski definition) is 2. The van der Waals surface area contributed by atoms with Gasteiger partial charge in [-0.05, 0) is 30.7 Å². The number of Topliss-reactive ketones (excluding diaryl/α,β-unsaturated/α-hetero) is 1. The van der Waals surface area contributed by atoms with Crippen LogP contribution in [0.4, 0.5) is 0 Å². The van der Waals surface area contributed by atoms with Crippen LogP contribution >= 0.6 is 0 Å². The van der Waals surface area contributed by atoms with Crippen molar-refractivity contribution in [3.63, 3.8) is 0 Å². The molecule has 110 valence electrons. The van der Waals surface area contributed by atoms with Crippen molar-refractivity contribution < 1.29 is 14.7 Å². The van der Waals surface area contributed by atoms with Crippen molar-refractivity contribution in [1.82, 2.24) is 4.57 Å². The molecule has 0 bridgehead atoms. The van der Waals surface area contributed by atoms with Crippen molar-refractivity contribution in [3.8, 4) is 0 Å². The Labute approximate surface area is 127 Å². The van der Waals surface area contributed by atoms with Crippen LogP contribution in [0, 0.1) is 0 Å². The van der Waals surface area contributed by atoms with Crippen LogP contribution in [0.15, 0.2) is 54.7 Å². The van der Waals surface area contributed by atoms with E-state index in [1.165, 1.54) is 0 Å². The van der Waals surface area contributed by atoms with Crippen LogP contribution in [-0.2, 0) is 6.54 Å². The lowest BCUT2D eigenvalue weighted by Crippen LogP contribution is -2.00. The number of hydrogen-bond donors (Lipinski definition) is 1. The van der Waals surface area contributed by atoms with Gasteiger partial charge in [-0.2, -0.15) is 0 Å². The molecule has 22 heavy (non-hydrogen) atoms. The van der Waals surface area contributed by atoms with Gasteiger partial charge in [-0.15, -0.1) is 0 Å². The highest BCUT2D eigenvalue weighted by Crippen LogP contribution is 2.23. The highest BCUT2D eigenvalue weighted by molar-refractivity contribution is 6.06. The van der Waals surface area contributed by atoms with Gasteiger partial charge in [0.1, 0.15) is 0 Å². The SMILES string of the molecule is CC(=O)c1cn(Cc2ccc(C(=O)O)cc2)c2ccccc12. The normalized spacial score (nSPS) is 10.8. The number of carboxylic acid groups (broad SMARTS) is 1. The van der Waals surface area contributed by atoms with Crippen LogP contribution in [-0.4, -0.2) is 21.4 Å². The first-order valence-corrected chi connectivity index (χ1v) is 6.97. The Balaban J connectivity index is 2.00. The molecule has 0 saturated carbocycles. The van der Waals surface area contributed by atoms with Crippen LogP contribution in [0.5, 0.6) is 0 Å². The molecule has 1 N–H and O–H groups in total. The number of carbonyl (C=O) groups excluding carboxylic acids is 1. The summed E-state index contributed by atoms with van der Waals surface area (Å²) in [6.45, 7) is 2.15. The summed E-state index contributed by atoms with van der Waals surface area (Å²) >= 11 is 0. The molecule has 0 amide bonds. The zero-order valence-electron chi connectivity index (χ0n) is 12.1. The van der Waals surface area contributed by atoms with E-state index >= 15 is 0 Å².